The van der Waals surface area contributed by atoms with Gasteiger partial charge in [0.1, 0.15) is 10.7 Å². The Hall–Kier alpha value is -2.12. The van der Waals surface area contributed by atoms with Crippen molar-refractivity contribution in [1.29, 1.82) is 0 Å². The molecule has 0 spiro atoms. The van der Waals surface area contributed by atoms with Gasteiger partial charge in [0.2, 0.25) is 15.9 Å². The highest BCUT2D eigenvalue weighted by Crippen LogP contribution is 2.38. The molecule has 0 radical (unpaired) electrons. The standard InChI is InChI=1S/C17H20N2O4S/c1-12-7-8-14(18-13(2)20)17(11-12)24(21,22)19-9-3-5-15(19)16-6-4-10-23-16/h4,6-8,10-11,15H,3,5,9H2,1-2H3,(H,18,20)/t15-/m1/s1. The van der Waals surface area contributed by atoms with E-state index in [0.29, 0.717) is 24.4 Å². The number of hydrogen-bond donors (Lipinski definition) is 1. The Morgan fingerprint density at radius 1 is 1.33 bits per heavy atom. The summed E-state index contributed by atoms with van der Waals surface area (Å²) >= 11 is 0. The maximum Gasteiger partial charge on any atom is 0.245 e. The summed E-state index contributed by atoms with van der Waals surface area (Å²) < 4.78 is 33.3. The molecule has 1 saturated heterocycles. The van der Waals surface area contributed by atoms with E-state index in [0.717, 1.165) is 12.0 Å². The van der Waals surface area contributed by atoms with Crippen molar-refractivity contribution in [1.82, 2.24) is 4.31 Å². The third-order valence-corrected chi connectivity index (χ3v) is 6.06. The van der Waals surface area contributed by atoms with E-state index in [-0.39, 0.29) is 16.8 Å². The molecule has 1 aromatic heterocycles. The highest BCUT2D eigenvalue weighted by atomic mass is 32.2. The van der Waals surface area contributed by atoms with Crippen LogP contribution in [0.25, 0.3) is 0 Å². The molecular formula is C17H20N2O4S. The number of nitrogens with zero attached hydrogens (tertiary/aromatic N) is 1. The number of furan rings is 1. The fraction of sp³-hybridized carbons (Fsp3) is 0.353. The maximum atomic E-state index is 13.2. The molecule has 2 heterocycles. The lowest BCUT2D eigenvalue weighted by Gasteiger charge is -2.24. The molecule has 1 fully saturated rings. The zero-order chi connectivity index (χ0) is 17.3. The summed E-state index contributed by atoms with van der Waals surface area (Å²) in [7, 11) is -3.75. The monoisotopic (exact) mass is 348 g/mol. The van der Waals surface area contributed by atoms with Crippen LogP contribution in [0.1, 0.15) is 37.1 Å². The van der Waals surface area contributed by atoms with Crippen LogP contribution in [0.4, 0.5) is 5.69 Å². The molecule has 0 saturated carbocycles. The molecule has 7 heteroatoms. The van der Waals surface area contributed by atoms with E-state index in [1.165, 1.54) is 11.2 Å². The third kappa shape index (κ3) is 3.09. The summed E-state index contributed by atoms with van der Waals surface area (Å²) in [5, 5.41) is 2.61. The molecule has 24 heavy (non-hydrogen) atoms. The minimum absolute atomic E-state index is 0.121. The lowest BCUT2D eigenvalue weighted by Crippen LogP contribution is -2.31. The lowest BCUT2D eigenvalue weighted by molar-refractivity contribution is -0.114. The number of anilines is 1. The average molecular weight is 348 g/mol. The number of carbonyl (C=O) groups is 1. The van der Waals surface area contributed by atoms with E-state index in [9.17, 15) is 13.2 Å². The minimum atomic E-state index is -3.75. The molecule has 1 N–H and O–H groups in total. The van der Waals surface area contributed by atoms with Gasteiger partial charge < -0.3 is 9.73 Å². The number of rotatable bonds is 4. The topological polar surface area (TPSA) is 79.6 Å². The van der Waals surface area contributed by atoms with Crippen molar-refractivity contribution < 1.29 is 17.6 Å². The molecule has 3 rings (SSSR count). The van der Waals surface area contributed by atoms with E-state index in [2.05, 4.69) is 5.32 Å². The Labute approximate surface area is 141 Å². The summed E-state index contributed by atoms with van der Waals surface area (Å²) in [6.07, 6.45) is 3.04. The first-order valence-electron chi connectivity index (χ1n) is 7.83. The van der Waals surface area contributed by atoms with Crippen LogP contribution >= 0.6 is 0 Å². The Morgan fingerprint density at radius 2 is 2.12 bits per heavy atom. The van der Waals surface area contributed by atoms with Crippen molar-refractivity contribution >= 4 is 21.6 Å². The molecule has 0 aliphatic carbocycles. The van der Waals surface area contributed by atoms with Crippen molar-refractivity contribution in [2.24, 2.45) is 0 Å². The van der Waals surface area contributed by atoms with Gasteiger partial charge in [-0.05, 0) is 49.6 Å². The van der Waals surface area contributed by atoms with E-state index < -0.39 is 10.0 Å². The van der Waals surface area contributed by atoms with Crippen LogP contribution in [-0.4, -0.2) is 25.2 Å². The van der Waals surface area contributed by atoms with Gasteiger partial charge in [0.25, 0.3) is 0 Å². The van der Waals surface area contributed by atoms with Crippen LogP contribution in [0.15, 0.2) is 45.9 Å². The van der Waals surface area contributed by atoms with Gasteiger partial charge in [0, 0.05) is 13.5 Å². The molecule has 2 aromatic rings. The molecule has 6 nitrogen and oxygen atoms in total. The number of nitrogens with one attached hydrogen (secondary N) is 1. The van der Waals surface area contributed by atoms with E-state index in [1.54, 1.807) is 36.6 Å². The number of amides is 1. The first-order chi connectivity index (χ1) is 11.4. The van der Waals surface area contributed by atoms with E-state index in [1.807, 2.05) is 6.92 Å². The predicted octanol–water partition coefficient (Wildman–Crippen LogP) is 3.07. The van der Waals surface area contributed by atoms with Gasteiger partial charge in [0.05, 0.1) is 18.0 Å². The van der Waals surface area contributed by atoms with Gasteiger partial charge >= 0.3 is 0 Å². The first kappa shape index (κ1) is 16.7. The molecule has 1 aromatic carbocycles. The molecule has 1 atom stereocenters. The second-order valence-electron chi connectivity index (χ2n) is 5.97. The largest absolute Gasteiger partial charge is 0.468 e. The van der Waals surface area contributed by atoms with Crippen LogP contribution in [0.5, 0.6) is 0 Å². The van der Waals surface area contributed by atoms with Crippen LogP contribution in [0.2, 0.25) is 0 Å². The minimum Gasteiger partial charge on any atom is -0.468 e. The van der Waals surface area contributed by atoms with E-state index >= 15 is 0 Å². The Balaban J connectivity index is 2.04. The lowest BCUT2D eigenvalue weighted by atomic mass is 10.2. The fourth-order valence-corrected chi connectivity index (χ4v) is 4.95. The number of aryl methyl sites for hydroxylation is 1. The predicted molar refractivity (Wildman–Crippen MR) is 90.1 cm³/mol. The van der Waals surface area contributed by atoms with E-state index in [4.69, 9.17) is 4.42 Å². The number of benzene rings is 1. The van der Waals surface area contributed by atoms with Crippen molar-refractivity contribution in [2.75, 3.05) is 11.9 Å². The number of sulfonamides is 1. The second-order valence-corrected chi connectivity index (χ2v) is 7.83. The molecule has 0 unspecified atom stereocenters. The summed E-state index contributed by atoms with van der Waals surface area (Å²) in [6, 6.07) is 8.24. The smallest absolute Gasteiger partial charge is 0.245 e. The SMILES string of the molecule is CC(=O)Nc1ccc(C)cc1S(=O)(=O)N1CCC[C@@H]1c1ccco1. The molecular weight excluding hydrogens is 328 g/mol. The van der Waals surface area contributed by atoms with Gasteiger partial charge in [-0.15, -0.1) is 0 Å². The zero-order valence-electron chi connectivity index (χ0n) is 13.7. The number of hydrogen-bond acceptors (Lipinski definition) is 4. The van der Waals surface area contributed by atoms with Crippen molar-refractivity contribution in [3.8, 4) is 0 Å². The highest BCUT2D eigenvalue weighted by Gasteiger charge is 2.38. The highest BCUT2D eigenvalue weighted by molar-refractivity contribution is 7.89. The van der Waals surface area contributed by atoms with Gasteiger partial charge in [-0.3, -0.25) is 4.79 Å². The molecule has 0 bridgehead atoms. The van der Waals surface area contributed by atoms with Gasteiger partial charge in [-0.1, -0.05) is 6.07 Å². The molecule has 1 aliphatic rings. The zero-order valence-corrected chi connectivity index (χ0v) is 14.5. The fourth-order valence-electron chi connectivity index (χ4n) is 3.06. The summed E-state index contributed by atoms with van der Waals surface area (Å²) in [6.45, 7) is 3.61. The maximum absolute atomic E-state index is 13.2. The summed E-state index contributed by atoms with van der Waals surface area (Å²) in [4.78, 5) is 11.5. The Bertz CT molecular complexity index is 843. The normalized spacial score (nSPS) is 18.7. The Morgan fingerprint density at radius 3 is 2.79 bits per heavy atom. The third-order valence-electron chi connectivity index (χ3n) is 4.11. The van der Waals surface area contributed by atoms with Crippen molar-refractivity contribution in [3.63, 3.8) is 0 Å². The van der Waals surface area contributed by atoms with Gasteiger partial charge in [0.15, 0.2) is 0 Å². The average Bonchev–Trinajstić information content (AvgIpc) is 3.18. The van der Waals surface area contributed by atoms with Gasteiger partial charge in [-0.25, -0.2) is 8.42 Å². The molecule has 1 amide bonds. The summed E-state index contributed by atoms with van der Waals surface area (Å²) in [5.74, 6) is 0.337. The van der Waals surface area contributed by atoms with Gasteiger partial charge in [-0.2, -0.15) is 4.31 Å². The van der Waals surface area contributed by atoms with Crippen LogP contribution < -0.4 is 5.32 Å². The van der Waals surface area contributed by atoms with Crippen molar-refractivity contribution in [3.05, 3.63) is 47.9 Å². The molecule has 128 valence electrons. The van der Waals surface area contributed by atoms with Crippen LogP contribution in [0.3, 0.4) is 0 Å². The number of carbonyl (C=O) groups excluding carboxylic acids is 1. The first-order valence-corrected chi connectivity index (χ1v) is 9.27. The quantitative estimate of drug-likeness (QED) is 0.921. The summed E-state index contributed by atoms with van der Waals surface area (Å²) in [5.41, 5.74) is 1.12. The Kier molecular flexibility index (Phi) is 4.47. The van der Waals surface area contributed by atoms with Crippen LogP contribution in [0, 0.1) is 6.92 Å². The van der Waals surface area contributed by atoms with Crippen molar-refractivity contribution in [2.45, 2.75) is 37.6 Å². The second kappa shape index (κ2) is 6.41. The van der Waals surface area contributed by atoms with Crippen LogP contribution in [-0.2, 0) is 14.8 Å². The molecule has 1 aliphatic heterocycles.